The number of hydrogen-bond donors (Lipinski definition) is 1. The van der Waals surface area contributed by atoms with E-state index >= 15 is 0 Å². The summed E-state index contributed by atoms with van der Waals surface area (Å²) in [7, 11) is -4.72. The van der Waals surface area contributed by atoms with Crippen molar-refractivity contribution in [1.29, 1.82) is 0 Å². The van der Waals surface area contributed by atoms with Gasteiger partial charge in [0.2, 0.25) is 0 Å². The van der Waals surface area contributed by atoms with Gasteiger partial charge in [-0.1, -0.05) is 64.7 Å². The van der Waals surface area contributed by atoms with E-state index in [1.165, 1.54) is 38.5 Å². The number of carbonyl (C=O) groups excluding carboxylic acids is 2. The number of carbonyl (C=O) groups is 2. The van der Waals surface area contributed by atoms with Crippen LogP contribution in [0.15, 0.2) is 0 Å². The molecule has 0 radical (unpaired) electrons. The SMILES string of the molecule is CCCCCCCCCCCCOC(=O)C(CC(=O)OCC)S(=O)(=O)O.[H-].[H-].[Mg+2]. The standard InChI is InChI=1S/C18H34O7S.Mg.2H/c1-3-5-6-7-8-9-10-11-12-13-14-25-18(20)16(26(21,22)23)15-17(19)24-4-2;;;/h16H,3-15H2,1-2H3,(H,21,22,23);;;/q;+2;2*-1. The summed E-state index contributed by atoms with van der Waals surface area (Å²) in [6.45, 7) is 3.89. The number of rotatable bonds is 16. The molecule has 1 unspecified atom stereocenters. The van der Waals surface area contributed by atoms with Gasteiger partial charge in [-0.25, -0.2) is 0 Å². The zero-order valence-corrected chi connectivity index (χ0v) is 19.0. The molecule has 0 saturated carbocycles. The maximum atomic E-state index is 11.8. The topological polar surface area (TPSA) is 107 Å². The van der Waals surface area contributed by atoms with Gasteiger partial charge in [0.15, 0.2) is 5.25 Å². The average Bonchev–Trinajstić information content (AvgIpc) is 2.56. The van der Waals surface area contributed by atoms with E-state index in [1.54, 1.807) is 6.92 Å². The Morgan fingerprint density at radius 1 is 0.889 bits per heavy atom. The molecule has 0 fully saturated rings. The van der Waals surface area contributed by atoms with E-state index in [9.17, 15) is 18.0 Å². The Balaban J connectivity index is -0.00000104. The summed E-state index contributed by atoms with van der Waals surface area (Å²) in [6.07, 6.45) is 10.5. The van der Waals surface area contributed by atoms with Crippen molar-refractivity contribution in [3.05, 3.63) is 0 Å². The third kappa shape index (κ3) is 16.3. The number of esters is 2. The molecule has 158 valence electrons. The first-order valence-electron chi connectivity index (χ1n) is 9.61. The molecule has 27 heavy (non-hydrogen) atoms. The quantitative estimate of drug-likeness (QED) is 0.176. The molecule has 0 spiro atoms. The summed E-state index contributed by atoms with van der Waals surface area (Å²) in [5, 5.41) is -1.93. The van der Waals surface area contributed by atoms with Crippen molar-refractivity contribution < 1.29 is 34.9 Å². The van der Waals surface area contributed by atoms with Gasteiger partial charge in [0.05, 0.1) is 19.6 Å². The van der Waals surface area contributed by atoms with Crippen molar-refractivity contribution in [2.45, 2.75) is 89.7 Å². The molecule has 9 heteroatoms. The molecular weight excluding hydrogens is 385 g/mol. The summed E-state index contributed by atoms with van der Waals surface area (Å²) < 4.78 is 41.1. The van der Waals surface area contributed by atoms with E-state index < -0.39 is 33.7 Å². The van der Waals surface area contributed by atoms with Gasteiger partial charge in [0, 0.05) is 0 Å². The van der Waals surface area contributed by atoms with E-state index in [2.05, 4.69) is 11.7 Å². The van der Waals surface area contributed by atoms with E-state index in [4.69, 9.17) is 9.29 Å². The molecule has 7 nitrogen and oxygen atoms in total. The minimum Gasteiger partial charge on any atom is -1.00 e. The third-order valence-electron chi connectivity index (χ3n) is 4.02. The summed E-state index contributed by atoms with van der Waals surface area (Å²) in [6, 6.07) is 0. The fraction of sp³-hybridized carbons (Fsp3) is 0.889. The minimum absolute atomic E-state index is 0. The second-order valence-electron chi connectivity index (χ2n) is 6.36. The molecule has 0 aliphatic heterocycles. The molecule has 0 aliphatic carbocycles. The fourth-order valence-electron chi connectivity index (χ4n) is 2.54. The summed E-state index contributed by atoms with van der Waals surface area (Å²) in [5.74, 6) is -1.98. The van der Waals surface area contributed by atoms with Crippen molar-refractivity contribution in [2.75, 3.05) is 13.2 Å². The Hall–Kier alpha value is -0.384. The molecule has 1 atom stereocenters. The van der Waals surface area contributed by atoms with Crippen LogP contribution in [0, 0.1) is 0 Å². The van der Waals surface area contributed by atoms with Crippen LogP contribution in [0.4, 0.5) is 0 Å². The molecule has 0 saturated heterocycles. The van der Waals surface area contributed by atoms with Crippen molar-refractivity contribution in [3.8, 4) is 0 Å². The molecule has 0 aromatic carbocycles. The van der Waals surface area contributed by atoms with Crippen LogP contribution in [-0.2, 0) is 29.2 Å². The van der Waals surface area contributed by atoms with Gasteiger partial charge in [-0.2, -0.15) is 8.42 Å². The first kappa shape index (κ1) is 28.8. The van der Waals surface area contributed by atoms with Gasteiger partial charge < -0.3 is 12.3 Å². The van der Waals surface area contributed by atoms with Crippen LogP contribution in [0.25, 0.3) is 0 Å². The van der Waals surface area contributed by atoms with E-state index in [-0.39, 0.29) is 39.1 Å². The van der Waals surface area contributed by atoms with E-state index in [0.29, 0.717) is 6.42 Å². The summed E-state index contributed by atoms with van der Waals surface area (Å²) in [5.41, 5.74) is 0. The van der Waals surface area contributed by atoms with Gasteiger partial charge in [0.1, 0.15) is 0 Å². The Bertz CT molecular complexity index is 504. The Morgan fingerprint density at radius 3 is 1.81 bits per heavy atom. The first-order valence-corrected chi connectivity index (χ1v) is 11.1. The van der Waals surface area contributed by atoms with Crippen molar-refractivity contribution in [1.82, 2.24) is 0 Å². The third-order valence-corrected chi connectivity index (χ3v) is 5.10. The molecule has 0 bridgehead atoms. The summed E-state index contributed by atoms with van der Waals surface area (Å²) >= 11 is 0. The molecule has 0 aliphatic rings. The molecular formula is C18H36MgO7S. The number of unbranched alkanes of at least 4 members (excludes halogenated alkanes) is 9. The maximum Gasteiger partial charge on any atom is 2.00 e. The van der Waals surface area contributed by atoms with Gasteiger partial charge in [-0.3, -0.25) is 14.1 Å². The van der Waals surface area contributed by atoms with Crippen LogP contribution in [-0.4, -0.2) is 66.4 Å². The van der Waals surface area contributed by atoms with Crippen molar-refractivity contribution >= 4 is 45.1 Å². The molecule has 0 aromatic rings. The Labute approximate surface area is 182 Å². The number of hydrogen-bond acceptors (Lipinski definition) is 6. The Kier molecular flexibility index (Phi) is 18.9. The van der Waals surface area contributed by atoms with Crippen LogP contribution in [0.5, 0.6) is 0 Å². The van der Waals surface area contributed by atoms with Gasteiger partial charge in [-0.05, 0) is 13.3 Å². The fourth-order valence-corrected chi connectivity index (χ4v) is 3.19. The van der Waals surface area contributed by atoms with Crippen LogP contribution in [0.2, 0.25) is 0 Å². The molecule has 0 amide bonds. The van der Waals surface area contributed by atoms with Crippen molar-refractivity contribution in [2.24, 2.45) is 0 Å². The van der Waals surface area contributed by atoms with Crippen LogP contribution in [0.3, 0.4) is 0 Å². The molecule has 0 rings (SSSR count). The molecule has 0 heterocycles. The normalized spacial score (nSPS) is 12.1. The van der Waals surface area contributed by atoms with E-state index in [0.717, 1.165) is 19.3 Å². The first-order chi connectivity index (χ1) is 12.3. The molecule has 0 aromatic heterocycles. The minimum atomic E-state index is -4.72. The second kappa shape index (κ2) is 17.7. The van der Waals surface area contributed by atoms with Gasteiger partial charge in [0.25, 0.3) is 10.1 Å². The van der Waals surface area contributed by atoms with Crippen LogP contribution in [0.1, 0.15) is 87.3 Å². The van der Waals surface area contributed by atoms with Gasteiger partial charge in [-0.15, -0.1) is 0 Å². The predicted molar refractivity (Wildman–Crippen MR) is 107 cm³/mol. The predicted octanol–water partition coefficient (Wildman–Crippen LogP) is 3.50. The smallest absolute Gasteiger partial charge is 1.00 e. The van der Waals surface area contributed by atoms with Crippen molar-refractivity contribution in [3.63, 3.8) is 0 Å². The summed E-state index contributed by atoms with van der Waals surface area (Å²) in [4.78, 5) is 23.2. The molecule has 1 N–H and O–H groups in total. The van der Waals surface area contributed by atoms with Crippen LogP contribution < -0.4 is 0 Å². The Morgan fingerprint density at radius 2 is 1.37 bits per heavy atom. The monoisotopic (exact) mass is 420 g/mol. The zero-order chi connectivity index (χ0) is 19.8. The second-order valence-corrected chi connectivity index (χ2v) is 7.96. The zero-order valence-electron chi connectivity index (χ0n) is 18.8. The van der Waals surface area contributed by atoms with Crippen LogP contribution >= 0.6 is 0 Å². The average molecular weight is 421 g/mol. The maximum absolute atomic E-state index is 11.8. The number of ether oxygens (including phenoxy) is 2. The largest absolute Gasteiger partial charge is 2.00 e. The van der Waals surface area contributed by atoms with E-state index in [1.807, 2.05) is 0 Å². The van der Waals surface area contributed by atoms with Gasteiger partial charge >= 0.3 is 35.0 Å².